The van der Waals surface area contributed by atoms with Crippen LogP contribution < -0.4 is 15.8 Å². The van der Waals surface area contributed by atoms with Crippen molar-refractivity contribution in [1.29, 1.82) is 0 Å². The summed E-state index contributed by atoms with van der Waals surface area (Å²) >= 11 is 5.88. The second-order valence-corrected chi connectivity index (χ2v) is 5.64. The summed E-state index contributed by atoms with van der Waals surface area (Å²) in [5.74, 6) is -3.31. The smallest absolute Gasteiger partial charge is 0.342 e. The van der Waals surface area contributed by atoms with Crippen LogP contribution in [0.25, 0.3) is 0 Å². The Hall–Kier alpha value is -2.87. The number of amides is 1. The molecule has 0 bridgehead atoms. The third kappa shape index (κ3) is 4.40. The van der Waals surface area contributed by atoms with Crippen molar-refractivity contribution in [2.75, 3.05) is 18.2 Å². The van der Waals surface area contributed by atoms with E-state index in [0.29, 0.717) is 6.07 Å². The van der Waals surface area contributed by atoms with Crippen molar-refractivity contribution in [2.45, 2.75) is 13.0 Å². The third-order valence-electron chi connectivity index (χ3n) is 3.38. The molecule has 1 amide bonds. The highest BCUT2D eigenvalue weighted by Gasteiger charge is 2.23. The molecule has 0 aliphatic carbocycles. The number of hydrogen-bond acceptors (Lipinski definition) is 5. The Balaban J connectivity index is 2.11. The first-order valence-corrected chi connectivity index (χ1v) is 7.70. The lowest BCUT2D eigenvalue weighted by molar-refractivity contribution is -0.123. The number of methoxy groups -OCH3 is 1. The summed E-state index contributed by atoms with van der Waals surface area (Å²) in [7, 11) is 1.33. The molecule has 9 heteroatoms. The first-order chi connectivity index (χ1) is 12.2. The molecule has 0 aromatic heterocycles. The van der Waals surface area contributed by atoms with Gasteiger partial charge >= 0.3 is 5.97 Å². The van der Waals surface area contributed by atoms with Crippen LogP contribution in [0.2, 0.25) is 5.02 Å². The van der Waals surface area contributed by atoms with E-state index in [0.717, 1.165) is 12.1 Å². The second-order valence-electron chi connectivity index (χ2n) is 5.23. The number of rotatable bonds is 5. The fourth-order valence-corrected chi connectivity index (χ4v) is 2.16. The lowest BCUT2D eigenvalue weighted by Gasteiger charge is -2.15. The van der Waals surface area contributed by atoms with Gasteiger partial charge in [0.05, 0.1) is 23.5 Å². The highest BCUT2D eigenvalue weighted by molar-refractivity contribution is 6.33. The predicted molar refractivity (Wildman–Crippen MR) is 92.3 cm³/mol. The molecule has 26 heavy (non-hydrogen) atoms. The quantitative estimate of drug-likeness (QED) is 0.609. The van der Waals surface area contributed by atoms with Gasteiger partial charge in [0, 0.05) is 12.1 Å². The van der Waals surface area contributed by atoms with Gasteiger partial charge in [-0.15, -0.1) is 0 Å². The van der Waals surface area contributed by atoms with E-state index in [9.17, 15) is 18.4 Å². The number of hydrogen-bond donors (Lipinski definition) is 2. The van der Waals surface area contributed by atoms with Crippen molar-refractivity contribution in [3.63, 3.8) is 0 Å². The topological polar surface area (TPSA) is 90.7 Å². The first kappa shape index (κ1) is 19.5. The van der Waals surface area contributed by atoms with E-state index in [1.807, 2.05) is 0 Å². The molecule has 0 aliphatic rings. The molecule has 0 radical (unpaired) electrons. The summed E-state index contributed by atoms with van der Waals surface area (Å²) in [5, 5.41) is 2.32. The number of esters is 1. The number of nitrogens with two attached hydrogens (primary N) is 1. The second kappa shape index (κ2) is 8.01. The van der Waals surface area contributed by atoms with Crippen LogP contribution in [0, 0.1) is 11.6 Å². The molecule has 0 spiro atoms. The maximum absolute atomic E-state index is 13.6. The molecule has 1 unspecified atom stereocenters. The molecule has 2 rings (SSSR count). The maximum atomic E-state index is 13.6. The van der Waals surface area contributed by atoms with Gasteiger partial charge in [-0.1, -0.05) is 11.6 Å². The zero-order valence-corrected chi connectivity index (χ0v) is 14.6. The van der Waals surface area contributed by atoms with Crippen LogP contribution in [-0.2, 0) is 9.53 Å². The number of nitrogens with one attached hydrogen (secondary N) is 1. The third-order valence-corrected chi connectivity index (χ3v) is 3.71. The summed E-state index contributed by atoms with van der Waals surface area (Å²) in [5.41, 5.74) is 5.57. The van der Waals surface area contributed by atoms with Gasteiger partial charge in [-0.3, -0.25) is 4.79 Å². The van der Waals surface area contributed by atoms with Gasteiger partial charge in [0.2, 0.25) is 0 Å². The maximum Gasteiger partial charge on any atom is 0.342 e. The summed E-state index contributed by atoms with van der Waals surface area (Å²) in [6, 6.07) is 5.25. The lowest BCUT2D eigenvalue weighted by Crippen LogP contribution is -2.30. The Bertz CT molecular complexity index is 861. The zero-order chi connectivity index (χ0) is 19.4. The number of ether oxygens (including phenoxy) is 2. The minimum atomic E-state index is -1.27. The number of anilines is 2. The Kier molecular flexibility index (Phi) is 5.99. The molecule has 2 aromatic carbocycles. The summed E-state index contributed by atoms with van der Waals surface area (Å²) < 4.78 is 36.5. The van der Waals surface area contributed by atoms with Crippen molar-refractivity contribution in [3.8, 4) is 5.75 Å². The fraction of sp³-hybridized carbons (Fsp3) is 0.176. The van der Waals surface area contributed by atoms with Crippen LogP contribution >= 0.6 is 11.6 Å². The van der Waals surface area contributed by atoms with Gasteiger partial charge in [-0.2, -0.15) is 0 Å². The van der Waals surface area contributed by atoms with Crippen LogP contribution in [0.15, 0.2) is 30.3 Å². The molecule has 0 saturated heterocycles. The van der Waals surface area contributed by atoms with E-state index in [4.69, 9.17) is 26.8 Å². The van der Waals surface area contributed by atoms with Gasteiger partial charge in [0.15, 0.2) is 6.10 Å². The molecule has 0 saturated carbocycles. The number of halogens is 3. The van der Waals surface area contributed by atoms with Crippen LogP contribution in [0.4, 0.5) is 20.2 Å². The molecule has 0 heterocycles. The minimum Gasteiger partial charge on any atom is -0.496 e. The Labute approximate surface area is 152 Å². The lowest BCUT2D eigenvalue weighted by atomic mass is 10.2. The molecular weight excluding hydrogens is 370 g/mol. The average molecular weight is 385 g/mol. The van der Waals surface area contributed by atoms with Gasteiger partial charge in [0.1, 0.15) is 22.9 Å². The van der Waals surface area contributed by atoms with E-state index < -0.39 is 29.6 Å². The Morgan fingerprint density at radius 2 is 1.92 bits per heavy atom. The number of nitrogen functional groups attached to an aromatic ring is 1. The van der Waals surface area contributed by atoms with Crippen molar-refractivity contribution < 1.29 is 27.8 Å². The Morgan fingerprint density at radius 1 is 1.23 bits per heavy atom. The SMILES string of the molecule is COc1cc(N)c(Cl)cc1C(=O)OC(C)C(=O)Nc1ccc(F)cc1F. The molecule has 0 fully saturated rings. The molecule has 2 aromatic rings. The van der Waals surface area contributed by atoms with Gasteiger partial charge in [-0.25, -0.2) is 13.6 Å². The van der Waals surface area contributed by atoms with E-state index in [1.54, 1.807) is 0 Å². The van der Waals surface area contributed by atoms with Crippen LogP contribution in [0.5, 0.6) is 5.75 Å². The van der Waals surface area contributed by atoms with Gasteiger partial charge in [-0.05, 0) is 25.1 Å². The average Bonchev–Trinajstić information content (AvgIpc) is 2.59. The van der Waals surface area contributed by atoms with E-state index in [-0.39, 0.29) is 27.7 Å². The van der Waals surface area contributed by atoms with Gasteiger partial charge in [0.25, 0.3) is 5.91 Å². The molecule has 0 aliphatic heterocycles. The molecular formula is C17H15ClF2N2O4. The predicted octanol–water partition coefficient (Wildman–Crippen LogP) is 3.39. The summed E-state index contributed by atoms with van der Waals surface area (Å²) in [6.07, 6.45) is -1.27. The largest absolute Gasteiger partial charge is 0.496 e. The van der Waals surface area contributed by atoms with E-state index in [2.05, 4.69) is 5.32 Å². The number of carbonyl (C=O) groups is 2. The molecule has 3 N–H and O–H groups in total. The Morgan fingerprint density at radius 3 is 2.54 bits per heavy atom. The normalized spacial score (nSPS) is 11.6. The van der Waals surface area contributed by atoms with E-state index in [1.165, 1.54) is 26.2 Å². The molecule has 1 atom stereocenters. The zero-order valence-electron chi connectivity index (χ0n) is 13.8. The highest BCUT2D eigenvalue weighted by Crippen LogP contribution is 2.29. The number of benzene rings is 2. The number of carbonyl (C=O) groups excluding carboxylic acids is 2. The van der Waals surface area contributed by atoms with E-state index >= 15 is 0 Å². The molecule has 6 nitrogen and oxygen atoms in total. The van der Waals surface area contributed by atoms with Crippen molar-refractivity contribution in [3.05, 3.63) is 52.6 Å². The van der Waals surface area contributed by atoms with Gasteiger partial charge < -0.3 is 20.5 Å². The van der Waals surface area contributed by atoms with Crippen molar-refractivity contribution in [2.24, 2.45) is 0 Å². The van der Waals surface area contributed by atoms with Crippen LogP contribution in [-0.4, -0.2) is 25.1 Å². The summed E-state index contributed by atoms with van der Waals surface area (Å²) in [4.78, 5) is 24.3. The van der Waals surface area contributed by atoms with Crippen molar-refractivity contribution in [1.82, 2.24) is 0 Å². The first-order valence-electron chi connectivity index (χ1n) is 7.32. The standard InChI is InChI=1S/C17H15ClF2N2O4/c1-8(16(23)22-14-4-3-9(19)5-12(14)20)26-17(24)10-6-11(18)13(21)7-15(10)25-2/h3-8H,21H2,1-2H3,(H,22,23). The molecule has 138 valence electrons. The van der Waals surface area contributed by atoms with Crippen LogP contribution in [0.3, 0.4) is 0 Å². The minimum absolute atomic E-state index is 0.0284. The van der Waals surface area contributed by atoms with Crippen molar-refractivity contribution >= 4 is 34.9 Å². The highest BCUT2D eigenvalue weighted by atomic mass is 35.5. The monoisotopic (exact) mass is 384 g/mol. The fourth-order valence-electron chi connectivity index (χ4n) is 2.00. The van der Waals surface area contributed by atoms with Crippen LogP contribution in [0.1, 0.15) is 17.3 Å². The summed E-state index contributed by atoms with van der Waals surface area (Å²) in [6.45, 7) is 1.29.